The van der Waals surface area contributed by atoms with Crippen molar-refractivity contribution >= 4 is 51.9 Å². The summed E-state index contributed by atoms with van der Waals surface area (Å²) >= 11 is 2.06. The first-order valence-corrected chi connectivity index (χ1v) is 12.0. The number of methoxy groups -OCH3 is 1. The average Bonchev–Trinajstić information content (AvgIpc) is 2.88. The Balaban J connectivity index is 1.76. The molecule has 0 radical (unpaired) electrons. The van der Waals surface area contributed by atoms with E-state index in [1.54, 1.807) is 55.6 Å². The summed E-state index contributed by atoms with van der Waals surface area (Å²) in [6.45, 7) is 1.97. The third-order valence-corrected chi connectivity index (χ3v) is 5.56. The average molecular weight is 597 g/mol. The van der Waals surface area contributed by atoms with Gasteiger partial charge < -0.3 is 24.8 Å². The molecule has 0 aliphatic rings. The Morgan fingerprint density at radius 1 is 1.00 bits per heavy atom. The van der Waals surface area contributed by atoms with E-state index in [0.29, 0.717) is 44.4 Å². The van der Waals surface area contributed by atoms with E-state index in [4.69, 9.17) is 14.2 Å². The molecule has 0 fully saturated rings. The van der Waals surface area contributed by atoms with Crippen LogP contribution in [-0.4, -0.2) is 32.1 Å². The van der Waals surface area contributed by atoms with Crippen molar-refractivity contribution < 1.29 is 23.8 Å². The number of para-hydroxylation sites is 1. The molecule has 0 heterocycles. The van der Waals surface area contributed by atoms with Crippen LogP contribution in [0, 0.1) is 14.9 Å². The lowest BCUT2D eigenvalue weighted by Gasteiger charge is -2.15. The highest BCUT2D eigenvalue weighted by Gasteiger charge is 2.16. The highest BCUT2D eigenvalue weighted by atomic mass is 127. The summed E-state index contributed by atoms with van der Waals surface area (Å²) in [5, 5.41) is 15.0. The molecule has 0 aromatic heterocycles. The lowest BCUT2D eigenvalue weighted by molar-refractivity contribution is -0.118. The summed E-state index contributed by atoms with van der Waals surface area (Å²) in [6, 6.07) is 21.2. The van der Waals surface area contributed by atoms with Crippen LogP contribution in [0.4, 0.5) is 11.4 Å². The molecule has 9 heteroatoms. The molecular formula is C27H24IN3O5. The predicted molar refractivity (Wildman–Crippen MR) is 146 cm³/mol. The van der Waals surface area contributed by atoms with Crippen LogP contribution in [0.25, 0.3) is 6.08 Å². The number of hydrogen-bond donors (Lipinski definition) is 2. The van der Waals surface area contributed by atoms with Crippen molar-refractivity contribution in [3.63, 3.8) is 0 Å². The fourth-order valence-electron chi connectivity index (χ4n) is 3.12. The molecule has 0 saturated carbocycles. The highest BCUT2D eigenvalue weighted by Crippen LogP contribution is 2.35. The number of anilines is 2. The van der Waals surface area contributed by atoms with Crippen molar-refractivity contribution in [3.05, 3.63) is 81.4 Å². The zero-order chi connectivity index (χ0) is 25.9. The smallest absolute Gasteiger partial charge is 0.266 e. The molecule has 2 amide bonds. The second kappa shape index (κ2) is 13.2. The van der Waals surface area contributed by atoms with Crippen LogP contribution in [0.15, 0.2) is 72.3 Å². The number of carbonyl (C=O) groups excluding carboxylic acids is 2. The van der Waals surface area contributed by atoms with E-state index >= 15 is 0 Å². The maximum Gasteiger partial charge on any atom is 0.266 e. The number of nitriles is 1. The normalized spacial score (nSPS) is 10.7. The van der Waals surface area contributed by atoms with Gasteiger partial charge in [-0.25, -0.2) is 0 Å². The van der Waals surface area contributed by atoms with Gasteiger partial charge in [0.25, 0.3) is 11.8 Å². The molecule has 0 atom stereocenters. The number of nitrogens with one attached hydrogen (secondary N) is 2. The predicted octanol–water partition coefficient (Wildman–Crippen LogP) is 5.26. The van der Waals surface area contributed by atoms with E-state index in [1.165, 1.54) is 6.08 Å². The Hall–Kier alpha value is -4.04. The summed E-state index contributed by atoms with van der Waals surface area (Å²) in [7, 11) is 1.55. The van der Waals surface area contributed by atoms with Crippen molar-refractivity contribution in [1.82, 2.24) is 0 Å². The van der Waals surface area contributed by atoms with Gasteiger partial charge in [0.15, 0.2) is 18.1 Å². The number of ether oxygens (including phenoxy) is 3. The molecule has 8 nitrogen and oxygen atoms in total. The molecule has 3 aromatic carbocycles. The molecule has 0 bridgehead atoms. The Morgan fingerprint density at radius 3 is 2.33 bits per heavy atom. The van der Waals surface area contributed by atoms with Gasteiger partial charge in [-0.3, -0.25) is 9.59 Å². The van der Waals surface area contributed by atoms with Crippen molar-refractivity contribution in [2.24, 2.45) is 0 Å². The number of nitrogens with zero attached hydrogens (tertiary/aromatic N) is 1. The number of halogens is 1. The first-order valence-electron chi connectivity index (χ1n) is 10.9. The minimum absolute atomic E-state index is 0.0834. The number of hydrogen-bond acceptors (Lipinski definition) is 6. The van der Waals surface area contributed by atoms with E-state index < -0.39 is 5.91 Å². The summed E-state index contributed by atoms with van der Waals surface area (Å²) in [5.74, 6) is 0.593. The summed E-state index contributed by atoms with van der Waals surface area (Å²) in [4.78, 5) is 25.0. The molecule has 36 heavy (non-hydrogen) atoms. The number of amides is 2. The van der Waals surface area contributed by atoms with Gasteiger partial charge >= 0.3 is 0 Å². The van der Waals surface area contributed by atoms with Gasteiger partial charge in [0, 0.05) is 11.4 Å². The molecule has 0 saturated heterocycles. The third kappa shape index (κ3) is 7.48. The largest absolute Gasteiger partial charge is 0.497 e. The summed E-state index contributed by atoms with van der Waals surface area (Å²) in [5.41, 5.74) is 1.69. The van der Waals surface area contributed by atoms with E-state index in [0.717, 1.165) is 0 Å². The number of rotatable bonds is 10. The van der Waals surface area contributed by atoms with Gasteiger partial charge in [0.2, 0.25) is 0 Å². The Bertz CT molecular complexity index is 1290. The SMILES string of the molecule is CCOc1cc(/C=C(\C#N)C(=O)Nc2ccc(OC)cc2)cc(I)c1OCC(=O)Nc1ccccc1. The molecule has 3 rings (SSSR count). The summed E-state index contributed by atoms with van der Waals surface area (Å²) in [6.07, 6.45) is 1.47. The Kier molecular flexibility index (Phi) is 9.71. The molecule has 3 aromatic rings. The first-order chi connectivity index (χ1) is 17.4. The van der Waals surface area contributed by atoms with Crippen molar-refractivity contribution in [3.8, 4) is 23.3 Å². The number of carbonyl (C=O) groups is 2. The molecule has 2 N–H and O–H groups in total. The van der Waals surface area contributed by atoms with Crippen LogP contribution in [0.1, 0.15) is 12.5 Å². The molecule has 0 spiro atoms. The quantitative estimate of drug-likeness (QED) is 0.188. The zero-order valence-corrected chi connectivity index (χ0v) is 21.9. The van der Waals surface area contributed by atoms with Crippen LogP contribution in [-0.2, 0) is 9.59 Å². The molecule has 0 aliphatic carbocycles. The van der Waals surface area contributed by atoms with E-state index in [2.05, 4.69) is 33.2 Å². The monoisotopic (exact) mass is 597 g/mol. The minimum atomic E-state index is -0.548. The number of benzene rings is 3. The third-order valence-electron chi connectivity index (χ3n) is 4.76. The lowest BCUT2D eigenvalue weighted by atomic mass is 10.1. The van der Waals surface area contributed by atoms with Gasteiger partial charge in [-0.2, -0.15) is 5.26 Å². The minimum Gasteiger partial charge on any atom is -0.497 e. The van der Waals surface area contributed by atoms with Crippen LogP contribution in [0.5, 0.6) is 17.2 Å². The topological polar surface area (TPSA) is 110 Å². The second-order valence-corrected chi connectivity index (χ2v) is 8.48. The molecular weight excluding hydrogens is 573 g/mol. The van der Waals surface area contributed by atoms with Crippen molar-refractivity contribution in [1.29, 1.82) is 5.26 Å². The van der Waals surface area contributed by atoms with Gasteiger partial charge in [-0.1, -0.05) is 18.2 Å². The molecule has 184 valence electrons. The van der Waals surface area contributed by atoms with Crippen molar-refractivity contribution in [2.45, 2.75) is 6.92 Å². The zero-order valence-electron chi connectivity index (χ0n) is 19.7. The van der Waals surface area contributed by atoms with Crippen LogP contribution in [0.3, 0.4) is 0 Å². The fraction of sp³-hybridized carbons (Fsp3) is 0.148. The molecule has 0 aliphatic heterocycles. The van der Waals surface area contributed by atoms with Gasteiger partial charge in [0.1, 0.15) is 17.4 Å². The lowest BCUT2D eigenvalue weighted by Crippen LogP contribution is -2.20. The van der Waals surface area contributed by atoms with Crippen molar-refractivity contribution in [2.75, 3.05) is 31.0 Å². The fourth-order valence-corrected chi connectivity index (χ4v) is 3.90. The van der Waals surface area contributed by atoms with E-state index in [1.807, 2.05) is 31.2 Å². The highest BCUT2D eigenvalue weighted by molar-refractivity contribution is 14.1. The Morgan fingerprint density at radius 2 is 1.69 bits per heavy atom. The summed E-state index contributed by atoms with van der Waals surface area (Å²) < 4.78 is 17.2. The van der Waals surface area contributed by atoms with Crippen LogP contribution in [0.2, 0.25) is 0 Å². The van der Waals surface area contributed by atoms with Gasteiger partial charge in [-0.05, 0) is 89.7 Å². The Labute approximate surface area is 223 Å². The van der Waals surface area contributed by atoms with E-state index in [9.17, 15) is 14.9 Å². The van der Waals surface area contributed by atoms with Gasteiger partial charge in [0.05, 0.1) is 17.3 Å². The van der Waals surface area contributed by atoms with E-state index in [-0.39, 0.29) is 18.1 Å². The standard InChI is InChI=1S/C27H24IN3O5/c1-3-35-24-15-18(13-19(16-29)27(33)31-21-9-11-22(34-2)12-10-21)14-23(28)26(24)36-17-25(32)30-20-7-5-4-6-8-20/h4-15H,3,17H2,1-2H3,(H,30,32)(H,31,33)/b19-13+. The maximum absolute atomic E-state index is 12.7. The van der Waals surface area contributed by atoms with Gasteiger partial charge in [-0.15, -0.1) is 0 Å². The molecule has 0 unspecified atom stereocenters. The van der Waals surface area contributed by atoms with Crippen LogP contribution < -0.4 is 24.8 Å². The maximum atomic E-state index is 12.7. The first kappa shape index (κ1) is 26.6. The van der Waals surface area contributed by atoms with Crippen LogP contribution >= 0.6 is 22.6 Å². The second-order valence-electron chi connectivity index (χ2n) is 7.32.